The van der Waals surface area contributed by atoms with Crippen LogP contribution in [0.15, 0.2) is 0 Å². The lowest BCUT2D eigenvalue weighted by atomic mass is 10.0. The summed E-state index contributed by atoms with van der Waals surface area (Å²) in [4.78, 5) is 0. The summed E-state index contributed by atoms with van der Waals surface area (Å²) in [5.74, 6) is -2.65. The van der Waals surface area contributed by atoms with Crippen molar-refractivity contribution < 1.29 is 8.78 Å². The number of hydrogen-bond acceptors (Lipinski definition) is 2. The smallest absolute Gasteiger partial charge is 0.265 e. The zero-order valence-electron chi connectivity index (χ0n) is 5.85. The van der Waals surface area contributed by atoms with E-state index in [0.29, 0.717) is 6.54 Å². The SMILES string of the molecule is Cl.Cl.NC1CNCCC1(F)F. The largest absolute Gasteiger partial charge is 0.322 e. The normalized spacial score (nSPS) is 28.1. The summed E-state index contributed by atoms with van der Waals surface area (Å²) < 4.78 is 24.9. The third-order valence-corrected chi connectivity index (χ3v) is 1.54. The Morgan fingerprint density at radius 2 is 1.91 bits per heavy atom. The molecule has 11 heavy (non-hydrogen) atoms. The molecule has 1 aliphatic rings. The van der Waals surface area contributed by atoms with Crippen LogP contribution < -0.4 is 11.1 Å². The maximum Gasteiger partial charge on any atom is 0.265 e. The molecule has 1 saturated heterocycles. The molecule has 0 radical (unpaired) electrons. The first-order valence-corrected chi connectivity index (χ1v) is 2.97. The number of hydrogen-bond donors (Lipinski definition) is 2. The van der Waals surface area contributed by atoms with Crippen LogP contribution in [-0.2, 0) is 0 Å². The Labute approximate surface area is 76.7 Å². The van der Waals surface area contributed by atoms with Crippen LogP contribution in [0.1, 0.15) is 6.42 Å². The minimum absolute atomic E-state index is 0. The van der Waals surface area contributed by atoms with Crippen LogP contribution in [0.4, 0.5) is 8.78 Å². The van der Waals surface area contributed by atoms with E-state index >= 15 is 0 Å². The van der Waals surface area contributed by atoms with Crippen LogP contribution in [0, 0.1) is 0 Å². The molecule has 3 N–H and O–H groups in total. The van der Waals surface area contributed by atoms with E-state index in [4.69, 9.17) is 5.73 Å². The van der Waals surface area contributed by atoms with Crippen LogP contribution >= 0.6 is 24.8 Å². The Morgan fingerprint density at radius 1 is 1.36 bits per heavy atom. The number of nitrogens with two attached hydrogens (primary N) is 1. The molecule has 0 aliphatic carbocycles. The quantitative estimate of drug-likeness (QED) is 0.618. The third kappa shape index (κ3) is 3.51. The molecule has 0 aromatic rings. The highest BCUT2D eigenvalue weighted by Gasteiger charge is 2.38. The van der Waals surface area contributed by atoms with Gasteiger partial charge in [0.15, 0.2) is 0 Å². The molecule has 0 amide bonds. The molecule has 2 nitrogen and oxygen atoms in total. The van der Waals surface area contributed by atoms with Gasteiger partial charge in [0.05, 0.1) is 6.04 Å². The van der Waals surface area contributed by atoms with E-state index in [0.717, 1.165) is 0 Å². The van der Waals surface area contributed by atoms with E-state index in [2.05, 4.69) is 5.32 Å². The average molecular weight is 209 g/mol. The van der Waals surface area contributed by atoms with E-state index in [1.807, 2.05) is 0 Å². The molecule has 1 unspecified atom stereocenters. The first-order valence-electron chi connectivity index (χ1n) is 2.97. The minimum Gasteiger partial charge on any atom is -0.322 e. The maximum atomic E-state index is 12.4. The number of alkyl halides is 2. The van der Waals surface area contributed by atoms with Crippen molar-refractivity contribution in [1.29, 1.82) is 0 Å². The van der Waals surface area contributed by atoms with E-state index in [9.17, 15) is 8.78 Å². The third-order valence-electron chi connectivity index (χ3n) is 1.54. The van der Waals surface area contributed by atoms with Crippen LogP contribution in [0.25, 0.3) is 0 Å². The van der Waals surface area contributed by atoms with Gasteiger partial charge >= 0.3 is 0 Å². The molecular formula is C5H12Cl2F2N2. The topological polar surface area (TPSA) is 38.0 Å². The molecular weight excluding hydrogens is 197 g/mol. The number of nitrogens with one attached hydrogen (secondary N) is 1. The average Bonchev–Trinajstić information content (AvgIpc) is 1.77. The van der Waals surface area contributed by atoms with Crippen molar-refractivity contribution in [2.75, 3.05) is 13.1 Å². The van der Waals surface area contributed by atoms with E-state index in [-0.39, 0.29) is 37.8 Å². The van der Waals surface area contributed by atoms with Crippen molar-refractivity contribution >= 4 is 24.8 Å². The summed E-state index contributed by atoms with van der Waals surface area (Å²) in [6.07, 6.45) is -0.131. The fourth-order valence-electron chi connectivity index (χ4n) is 0.847. The predicted octanol–water partition coefficient (Wildman–Crippen LogP) is 0.786. The Morgan fingerprint density at radius 3 is 2.18 bits per heavy atom. The van der Waals surface area contributed by atoms with Gasteiger partial charge in [-0.15, -0.1) is 24.8 Å². The molecule has 0 aromatic carbocycles. The Balaban J connectivity index is 0. The second kappa shape index (κ2) is 5.09. The van der Waals surface area contributed by atoms with Gasteiger partial charge in [0.25, 0.3) is 5.92 Å². The zero-order chi connectivity index (χ0) is 6.91. The van der Waals surface area contributed by atoms with Crippen LogP contribution in [0.5, 0.6) is 0 Å². The van der Waals surface area contributed by atoms with Gasteiger partial charge in [-0.05, 0) is 0 Å². The standard InChI is InChI=1S/C5H10F2N2.2ClH/c6-5(7)1-2-9-3-4(5)8;;/h4,9H,1-3,8H2;2*1H. The number of piperidine rings is 1. The Bertz CT molecular complexity index is 113. The van der Waals surface area contributed by atoms with Gasteiger partial charge < -0.3 is 11.1 Å². The van der Waals surface area contributed by atoms with Crippen molar-refractivity contribution in [3.05, 3.63) is 0 Å². The Kier molecular flexibility index (Phi) is 6.43. The van der Waals surface area contributed by atoms with E-state index in [1.165, 1.54) is 0 Å². The second-order valence-electron chi connectivity index (χ2n) is 2.32. The summed E-state index contributed by atoms with van der Waals surface area (Å²) in [7, 11) is 0. The van der Waals surface area contributed by atoms with Gasteiger partial charge in [0, 0.05) is 19.5 Å². The zero-order valence-corrected chi connectivity index (χ0v) is 7.48. The van der Waals surface area contributed by atoms with Crippen molar-refractivity contribution in [2.24, 2.45) is 5.73 Å². The molecule has 1 atom stereocenters. The molecule has 1 fully saturated rings. The molecule has 0 saturated carbocycles. The van der Waals surface area contributed by atoms with E-state index in [1.54, 1.807) is 0 Å². The monoisotopic (exact) mass is 208 g/mol. The van der Waals surface area contributed by atoms with E-state index < -0.39 is 12.0 Å². The highest BCUT2D eigenvalue weighted by molar-refractivity contribution is 5.85. The van der Waals surface area contributed by atoms with Gasteiger partial charge in [0.2, 0.25) is 0 Å². The minimum atomic E-state index is -2.65. The predicted molar refractivity (Wildman–Crippen MR) is 44.9 cm³/mol. The summed E-state index contributed by atoms with van der Waals surface area (Å²) in [6, 6.07) is -0.994. The summed E-state index contributed by atoms with van der Waals surface area (Å²) in [6.45, 7) is 0.605. The van der Waals surface area contributed by atoms with Gasteiger partial charge in [-0.1, -0.05) is 0 Å². The van der Waals surface area contributed by atoms with Crippen LogP contribution in [0.2, 0.25) is 0 Å². The van der Waals surface area contributed by atoms with Gasteiger partial charge in [-0.2, -0.15) is 0 Å². The molecule has 70 valence electrons. The first kappa shape index (κ1) is 13.9. The van der Waals surface area contributed by atoms with Crippen LogP contribution in [0.3, 0.4) is 0 Å². The molecule has 1 aliphatic heterocycles. The number of rotatable bonds is 0. The molecule has 0 aromatic heterocycles. The first-order chi connectivity index (χ1) is 4.13. The van der Waals surface area contributed by atoms with Crippen LogP contribution in [-0.4, -0.2) is 25.1 Å². The van der Waals surface area contributed by atoms with Gasteiger partial charge in [0.1, 0.15) is 0 Å². The van der Waals surface area contributed by atoms with Gasteiger partial charge in [-0.3, -0.25) is 0 Å². The summed E-state index contributed by atoms with van der Waals surface area (Å²) >= 11 is 0. The van der Waals surface area contributed by atoms with Crippen molar-refractivity contribution in [1.82, 2.24) is 5.32 Å². The van der Waals surface area contributed by atoms with Crippen molar-refractivity contribution in [3.63, 3.8) is 0 Å². The molecule has 1 heterocycles. The lowest BCUT2D eigenvalue weighted by Gasteiger charge is -2.28. The van der Waals surface area contributed by atoms with Crippen molar-refractivity contribution in [2.45, 2.75) is 18.4 Å². The second-order valence-corrected chi connectivity index (χ2v) is 2.32. The number of halogens is 4. The van der Waals surface area contributed by atoms with Gasteiger partial charge in [-0.25, -0.2) is 8.78 Å². The lowest BCUT2D eigenvalue weighted by molar-refractivity contribution is -0.0448. The molecule has 0 bridgehead atoms. The highest BCUT2D eigenvalue weighted by Crippen LogP contribution is 2.22. The Hall–Kier alpha value is 0.360. The summed E-state index contributed by atoms with van der Waals surface area (Å²) in [5.41, 5.74) is 5.10. The molecule has 1 rings (SSSR count). The summed E-state index contributed by atoms with van der Waals surface area (Å²) in [5, 5.41) is 2.79. The maximum absolute atomic E-state index is 12.4. The fourth-order valence-corrected chi connectivity index (χ4v) is 0.847. The fraction of sp³-hybridized carbons (Fsp3) is 1.00. The molecule has 0 spiro atoms. The highest BCUT2D eigenvalue weighted by atomic mass is 35.5. The molecule has 6 heteroatoms. The van der Waals surface area contributed by atoms with Crippen molar-refractivity contribution in [3.8, 4) is 0 Å². The lowest BCUT2D eigenvalue weighted by Crippen LogP contribution is -2.53.